The molecule has 0 saturated heterocycles. The van der Waals surface area contributed by atoms with Crippen molar-refractivity contribution in [3.05, 3.63) is 65.0 Å². The number of hydrogen-bond donors (Lipinski definition) is 0. The number of alkyl halides is 3. The second-order valence-corrected chi connectivity index (χ2v) is 7.36. The van der Waals surface area contributed by atoms with Gasteiger partial charge in [0.1, 0.15) is 11.3 Å². The molecule has 1 aromatic heterocycles. The Kier molecular flexibility index (Phi) is 10.6. The lowest BCUT2D eigenvalue weighted by Crippen LogP contribution is -2.43. The van der Waals surface area contributed by atoms with Gasteiger partial charge in [0.2, 0.25) is 5.82 Å². The number of nitrogens with zero attached hydrogens (tertiary/aromatic N) is 3. The van der Waals surface area contributed by atoms with Gasteiger partial charge in [-0.3, -0.25) is 4.79 Å². The van der Waals surface area contributed by atoms with Crippen molar-refractivity contribution in [1.29, 1.82) is 0 Å². The monoisotopic (exact) mass is 499 g/mol. The topological polar surface area (TPSA) is 68.5 Å². The molecule has 0 aliphatic rings. The second kappa shape index (κ2) is 12.4. The third-order valence-corrected chi connectivity index (χ3v) is 4.78. The van der Waals surface area contributed by atoms with E-state index in [2.05, 4.69) is 14.9 Å². The van der Waals surface area contributed by atoms with E-state index in [9.17, 15) is 18.0 Å². The van der Waals surface area contributed by atoms with Crippen LogP contribution in [0.1, 0.15) is 57.8 Å². The highest BCUT2D eigenvalue weighted by Gasteiger charge is 2.36. The van der Waals surface area contributed by atoms with Crippen LogP contribution in [0, 0.1) is 0 Å². The molecule has 0 unspecified atom stereocenters. The number of halogens is 4. The van der Waals surface area contributed by atoms with Crippen molar-refractivity contribution >= 4 is 17.5 Å². The molecular weight excluding hydrogens is 471 g/mol. The maximum absolute atomic E-state index is 12.8. The SMILES string of the molecule is CC.CC.CN(C(=O)c1ccc(Cl)cc1)C(C)(C)c1nc(-c2ccc(OC(F)(F)F)cc2)no1. The van der Waals surface area contributed by atoms with Crippen molar-refractivity contribution in [3.63, 3.8) is 0 Å². The van der Waals surface area contributed by atoms with Crippen molar-refractivity contribution < 1.29 is 27.2 Å². The largest absolute Gasteiger partial charge is 0.573 e. The maximum atomic E-state index is 12.8. The van der Waals surface area contributed by atoms with Crippen molar-refractivity contribution in [2.75, 3.05) is 7.05 Å². The number of amides is 1. The first-order valence-electron chi connectivity index (χ1n) is 10.7. The van der Waals surface area contributed by atoms with Crippen LogP contribution < -0.4 is 4.74 Å². The van der Waals surface area contributed by atoms with Gasteiger partial charge in [0, 0.05) is 23.2 Å². The van der Waals surface area contributed by atoms with Gasteiger partial charge >= 0.3 is 6.36 Å². The third-order valence-electron chi connectivity index (χ3n) is 4.53. The molecule has 0 atom stereocenters. The van der Waals surface area contributed by atoms with E-state index in [1.54, 1.807) is 45.2 Å². The Balaban J connectivity index is 0.00000137. The number of benzene rings is 2. The zero-order chi connectivity index (χ0) is 26.1. The van der Waals surface area contributed by atoms with Crippen LogP contribution in [0.5, 0.6) is 5.75 Å². The number of carbonyl (C=O) groups is 1. The smallest absolute Gasteiger partial charge is 0.406 e. The van der Waals surface area contributed by atoms with Crippen LogP contribution in [0.3, 0.4) is 0 Å². The summed E-state index contributed by atoms with van der Waals surface area (Å²) in [5, 5.41) is 4.39. The summed E-state index contributed by atoms with van der Waals surface area (Å²) in [4.78, 5) is 18.6. The van der Waals surface area contributed by atoms with Crippen LogP contribution in [0.2, 0.25) is 5.02 Å². The fourth-order valence-electron chi connectivity index (χ4n) is 2.58. The highest BCUT2D eigenvalue weighted by molar-refractivity contribution is 6.30. The Bertz CT molecular complexity index is 1030. The Morgan fingerprint density at radius 1 is 0.971 bits per heavy atom. The summed E-state index contributed by atoms with van der Waals surface area (Å²) in [5.74, 6) is -0.296. The minimum absolute atomic E-state index is 0.165. The Morgan fingerprint density at radius 3 is 2.00 bits per heavy atom. The normalized spacial score (nSPS) is 10.9. The van der Waals surface area contributed by atoms with Crippen LogP contribution in [0.25, 0.3) is 11.4 Å². The zero-order valence-electron chi connectivity index (χ0n) is 20.2. The predicted molar refractivity (Wildman–Crippen MR) is 126 cm³/mol. The summed E-state index contributed by atoms with van der Waals surface area (Å²) >= 11 is 5.86. The quantitative estimate of drug-likeness (QED) is 0.367. The predicted octanol–water partition coefficient (Wildman–Crippen LogP) is 7.35. The van der Waals surface area contributed by atoms with E-state index in [1.807, 2.05) is 27.7 Å². The number of ether oxygens (including phenoxy) is 1. The summed E-state index contributed by atoms with van der Waals surface area (Å²) in [5.41, 5.74) is -0.0848. The first-order valence-corrected chi connectivity index (χ1v) is 11.1. The molecule has 0 saturated carbocycles. The van der Waals surface area contributed by atoms with E-state index in [0.717, 1.165) is 12.1 Å². The van der Waals surface area contributed by atoms with Crippen molar-refractivity contribution in [1.82, 2.24) is 15.0 Å². The van der Waals surface area contributed by atoms with Crippen molar-refractivity contribution in [2.45, 2.75) is 53.4 Å². The maximum Gasteiger partial charge on any atom is 0.573 e. The first kappa shape index (κ1) is 29.0. The summed E-state index contributed by atoms with van der Waals surface area (Å²) in [7, 11) is 1.60. The molecule has 34 heavy (non-hydrogen) atoms. The minimum atomic E-state index is -4.77. The third kappa shape index (κ3) is 7.48. The average Bonchev–Trinajstić information content (AvgIpc) is 3.32. The van der Waals surface area contributed by atoms with Crippen LogP contribution >= 0.6 is 11.6 Å². The van der Waals surface area contributed by atoms with Crippen LogP contribution in [-0.4, -0.2) is 34.4 Å². The number of hydrogen-bond acceptors (Lipinski definition) is 5. The van der Waals surface area contributed by atoms with Gasteiger partial charge in [-0.1, -0.05) is 44.5 Å². The molecule has 3 rings (SSSR count). The number of carbonyl (C=O) groups excluding carboxylic acids is 1. The molecule has 1 amide bonds. The Hall–Kier alpha value is -3.07. The molecule has 0 radical (unpaired) electrons. The summed E-state index contributed by atoms with van der Waals surface area (Å²) in [6, 6.07) is 11.5. The van der Waals surface area contributed by atoms with Crippen LogP contribution in [0.4, 0.5) is 13.2 Å². The van der Waals surface area contributed by atoms with E-state index >= 15 is 0 Å². The highest BCUT2D eigenvalue weighted by atomic mass is 35.5. The van der Waals surface area contributed by atoms with E-state index in [1.165, 1.54) is 17.0 Å². The lowest BCUT2D eigenvalue weighted by molar-refractivity contribution is -0.274. The molecule has 0 spiro atoms. The molecule has 3 aromatic rings. The first-order chi connectivity index (χ1) is 16.0. The summed E-state index contributed by atoms with van der Waals surface area (Å²) < 4.78 is 46.0. The molecule has 0 aliphatic carbocycles. The van der Waals surface area contributed by atoms with Gasteiger partial charge in [0.05, 0.1) is 0 Å². The molecule has 2 aromatic carbocycles. The molecule has 0 aliphatic heterocycles. The van der Waals surface area contributed by atoms with Gasteiger partial charge < -0.3 is 14.2 Å². The Labute approximate surface area is 202 Å². The van der Waals surface area contributed by atoms with E-state index in [-0.39, 0.29) is 23.4 Å². The fraction of sp³-hybridized carbons (Fsp3) is 0.375. The zero-order valence-corrected chi connectivity index (χ0v) is 21.0. The minimum Gasteiger partial charge on any atom is -0.406 e. The molecule has 0 bridgehead atoms. The van der Waals surface area contributed by atoms with Gasteiger partial charge in [-0.2, -0.15) is 4.98 Å². The average molecular weight is 500 g/mol. The van der Waals surface area contributed by atoms with Gasteiger partial charge in [-0.15, -0.1) is 13.2 Å². The van der Waals surface area contributed by atoms with Gasteiger partial charge in [-0.25, -0.2) is 0 Å². The van der Waals surface area contributed by atoms with E-state index in [4.69, 9.17) is 16.1 Å². The van der Waals surface area contributed by atoms with Gasteiger partial charge in [-0.05, 0) is 62.4 Å². The van der Waals surface area contributed by atoms with Gasteiger partial charge in [0.25, 0.3) is 11.8 Å². The lowest BCUT2D eigenvalue weighted by Gasteiger charge is -2.32. The summed E-state index contributed by atoms with van der Waals surface area (Å²) in [6.07, 6.45) is -4.77. The lowest BCUT2D eigenvalue weighted by atomic mass is 10.0. The standard InChI is InChI=1S/C20H17ClF3N3O3.2C2H6/c1-19(2,27(3)17(28)13-4-8-14(21)9-5-13)18-25-16(26-30-18)12-6-10-15(11-7-12)29-20(22,23)24;2*1-2/h4-11H,1-3H3;2*1-2H3. The molecule has 0 N–H and O–H groups in total. The molecule has 1 heterocycles. The molecule has 186 valence electrons. The van der Waals surface area contributed by atoms with Crippen molar-refractivity contribution in [2.24, 2.45) is 0 Å². The molecule has 10 heteroatoms. The molecule has 0 fully saturated rings. The van der Waals surface area contributed by atoms with Crippen LogP contribution in [0.15, 0.2) is 53.1 Å². The van der Waals surface area contributed by atoms with Gasteiger partial charge in [0.15, 0.2) is 0 Å². The fourth-order valence-corrected chi connectivity index (χ4v) is 2.70. The Morgan fingerprint density at radius 2 is 1.50 bits per heavy atom. The molecule has 6 nitrogen and oxygen atoms in total. The van der Waals surface area contributed by atoms with E-state index in [0.29, 0.717) is 16.1 Å². The number of rotatable bonds is 5. The highest BCUT2D eigenvalue weighted by Crippen LogP contribution is 2.30. The van der Waals surface area contributed by atoms with E-state index < -0.39 is 11.9 Å². The molecular formula is C24H29ClF3N3O3. The van der Waals surface area contributed by atoms with Crippen LogP contribution in [-0.2, 0) is 5.54 Å². The summed E-state index contributed by atoms with van der Waals surface area (Å²) in [6.45, 7) is 11.5. The van der Waals surface area contributed by atoms with Crippen molar-refractivity contribution in [3.8, 4) is 17.1 Å². The second-order valence-electron chi connectivity index (χ2n) is 6.93. The number of aromatic nitrogens is 2.